The number of thiophene rings is 1. The quantitative estimate of drug-likeness (QED) is 0.552. The van der Waals surface area contributed by atoms with Gasteiger partial charge in [-0.25, -0.2) is 19.9 Å². The van der Waals surface area contributed by atoms with E-state index in [2.05, 4.69) is 36.7 Å². The zero-order valence-electron chi connectivity index (χ0n) is 12.6. The van der Waals surface area contributed by atoms with Gasteiger partial charge in [0.2, 0.25) is 5.95 Å². The smallest absolute Gasteiger partial charge is 0.223 e. The Labute approximate surface area is 146 Å². The standard InChI is InChI=1S/C16H14N6S2/c1-2-13(23-6-1)12-9-20-16(19-4-3-11-8-17-10-21-11)22-14(12)15-18-5-7-24-15/h1-2,5-10H,3-4H2,(H,17,21)(H,19,20,22). The largest absolute Gasteiger partial charge is 0.354 e. The second kappa shape index (κ2) is 6.90. The van der Waals surface area contributed by atoms with Gasteiger partial charge in [-0.2, -0.15) is 0 Å². The summed E-state index contributed by atoms with van der Waals surface area (Å²) in [5.41, 5.74) is 2.96. The number of aromatic nitrogens is 5. The van der Waals surface area contributed by atoms with Gasteiger partial charge < -0.3 is 10.3 Å². The number of aromatic amines is 1. The zero-order chi connectivity index (χ0) is 16.2. The van der Waals surface area contributed by atoms with Crippen molar-refractivity contribution >= 4 is 28.6 Å². The summed E-state index contributed by atoms with van der Waals surface area (Å²) in [4.78, 5) is 21.8. The van der Waals surface area contributed by atoms with E-state index in [1.807, 2.05) is 23.8 Å². The molecule has 0 fully saturated rings. The van der Waals surface area contributed by atoms with Gasteiger partial charge in [0.05, 0.1) is 6.33 Å². The summed E-state index contributed by atoms with van der Waals surface area (Å²) in [6, 6.07) is 4.11. The van der Waals surface area contributed by atoms with Crippen LogP contribution in [-0.2, 0) is 6.42 Å². The van der Waals surface area contributed by atoms with Crippen LogP contribution >= 0.6 is 22.7 Å². The highest BCUT2D eigenvalue weighted by Gasteiger charge is 2.14. The number of rotatable bonds is 6. The minimum absolute atomic E-state index is 0.611. The lowest BCUT2D eigenvalue weighted by Gasteiger charge is -2.08. The first kappa shape index (κ1) is 15.0. The molecule has 0 aliphatic rings. The molecule has 0 aliphatic heterocycles. The van der Waals surface area contributed by atoms with E-state index in [9.17, 15) is 0 Å². The molecule has 4 aromatic heterocycles. The van der Waals surface area contributed by atoms with Crippen LogP contribution in [0.3, 0.4) is 0 Å². The molecule has 4 rings (SSSR count). The van der Waals surface area contributed by atoms with Crippen molar-refractivity contribution in [3.63, 3.8) is 0 Å². The first-order valence-electron chi connectivity index (χ1n) is 7.42. The first-order chi connectivity index (χ1) is 11.9. The van der Waals surface area contributed by atoms with Crippen LogP contribution in [0.1, 0.15) is 5.69 Å². The molecule has 120 valence electrons. The van der Waals surface area contributed by atoms with E-state index in [-0.39, 0.29) is 0 Å². The molecule has 0 spiro atoms. The van der Waals surface area contributed by atoms with Gasteiger partial charge in [0, 0.05) is 53.1 Å². The third kappa shape index (κ3) is 3.19. The number of thiazole rings is 1. The molecule has 4 heterocycles. The summed E-state index contributed by atoms with van der Waals surface area (Å²) in [6.07, 6.45) is 8.01. The third-order valence-electron chi connectivity index (χ3n) is 3.44. The number of H-pyrrole nitrogens is 1. The normalized spacial score (nSPS) is 10.8. The van der Waals surface area contributed by atoms with Gasteiger partial charge in [0.1, 0.15) is 10.7 Å². The molecule has 0 aromatic carbocycles. The van der Waals surface area contributed by atoms with Gasteiger partial charge in [0.25, 0.3) is 0 Å². The molecule has 0 saturated heterocycles. The Bertz CT molecular complexity index is 885. The van der Waals surface area contributed by atoms with Gasteiger partial charge in [0.15, 0.2) is 0 Å². The van der Waals surface area contributed by atoms with E-state index in [0.29, 0.717) is 5.95 Å². The molecule has 0 unspecified atom stereocenters. The highest BCUT2D eigenvalue weighted by atomic mass is 32.1. The molecular formula is C16H14N6S2. The average molecular weight is 354 g/mol. The summed E-state index contributed by atoms with van der Waals surface area (Å²) in [7, 11) is 0. The van der Waals surface area contributed by atoms with Crippen LogP contribution < -0.4 is 5.32 Å². The van der Waals surface area contributed by atoms with Gasteiger partial charge in [-0.3, -0.25) is 0 Å². The fourth-order valence-electron chi connectivity index (χ4n) is 2.31. The van der Waals surface area contributed by atoms with Crippen molar-refractivity contribution in [1.29, 1.82) is 0 Å². The minimum atomic E-state index is 0.611. The molecular weight excluding hydrogens is 340 g/mol. The summed E-state index contributed by atoms with van der Waals surface area (Å²) < 4.78 is 0. The molecule has 24 heavy (non-hydrogen) atoms. The van der Waals surface area contributed by atoms with Crippen LogP contribution in [-0.4, -0.2) is 31.5 Å². The van der Waals surface area contributed by atoms with Crippen molar-refractivity contribution in [2.45, 2.75) is 6.42 Å². The number of hydrogen-bond acceptors (Lipinski definition) is 7. The molecule has 6 nitrogen and oxygen atoms in total. The van der Waals surface area contributed by atoms with E-state index in [1.54, 1.807) is 35.2 Å². The number of imidazole rings is 1. The molecule has 8 heteroatoms. The average Bonchev–Trinajstić information content (AvgIpc) is 3.36. The second-order valence-corrected chi connectivity index (χ2v) is 6.87. The van der Waals surface area contributed by atoms with Crippen LogP contribution in [0.15, 0.2) is 47.8 Å². The van der Waals surface area contributed by atoms with Gasteiger partial charge >= 0.3 is 0 Å². The second-order valence-electron chi connectivity index (χ2n) is 5.02. The Morgan fingerprint density at radius 2 is 2.12 bits per heavy atom. The molecule has 0 saturated carbocycles. The lowest BCUT2D eigenvalue weighted by molar-refractivity contribution is 0.954. The van der Waals surface area contributed by atoms with E-state index in [0.717, 1.165) is 39.8 Å². The maximum atomic E-state index is 4.70. The highest BCUT2D eigenvalue weighted by molar-refractivity contribution is 7.14. The predicted octanol–water partition coefficient (Wildman–Crippen LogP) is 3.71. The van der Waals surface area contributed by atoms with Crippen molar-refractivity contribution in [1.82, 2.24) is 24.9 Å². The fourth-order valence-corrected chi connectivity index (χ4v) is 3.69. The van der Waals surface area contributed by atoms with E-state index < -0.39 is 0 Å². The van der Waals surface area contributed by atoms with Crippen molar-refractivity contribution in [2.75, 3.05) is 11.9 Å². The van der Waals surface area contributed by atoms with Crippen molar-refractivity contribution in [3.05, 3.63) is 53.5 Å². The summed E-state index contributed by atoms with van der Waals surface area (Å²) in [6.45, 7) is 0.734. The topological polar surface area (TPSA) is 79.4 Å². The molecule has 0 aliphatic carbocycles. The third-order valence-corrected chi connectivity index (χ3v) is 5.13. The van der Waals surface area contributed by atoms with Gasteiger partial charge in [-0.15, -0.1) is 22.7 Å². The van der Waals surface area contributed by atoms with E-state index in [1.165, 1.54) is 0 Å². The van der Waals surface area contributed by atoms with Crippen LogP contribution in [0.4, 0.5) is 5.95 Å². The Hall–Kier alpha value is -2.58. The summed E-state index contributed by atoms with van der Waals surface area (Å²) >= 11 is 3.26. The monoisotopic (exact) mass is 354 g/mol. The SMILES string of the molecule is c1csc(-c2cnc(NCCc3cnc[nH]3)nc2-c2nccs2)c1. The Morgan fingerprint density at radius 3 is 2.88 bits per heavy atom. The molecule has 0 bridgehead atoms. The lowest BCUT2D eigenvalue weighted by atomic mass is 10.2. The van der Waals surface area contributed by atoms with E-state index in [4.69, 9.17) is 4.98 Å². The summed E-state index contributed by atoms with van der Waals surface area (Å²) in [5.74, 6) is 0.611. The summed E-state index contributed by atoms with van der Waals surface area (Å²) in [5, 5.41) is 8.18. The van der Waals surface area contributed by atoms with Crippen molar-refractivity contribution in [2.24, 2.45) is 0 Å². The molecule has 0 atom stereocenters. The van der Waals surface area contributed by atoms with Crippen LogP contribution in [0, 0.1) is 0 Å². The van der Waals surface area contributed by atoms with Crippen molar-refractivity contribution in [3.8, 4) is 21.1 Å². The first-order valence-corrected chi connectivity index (χ1v) is 9.18. The zero-order valence-corrected chi connectivity index (χ0v) is 14.3. The molecule has 2 N–H and O–H groups in total. The lowest BCUT2D eigenvalue weighted by Crippen LogP contribution is -2.08. The van der Waals surface area contributed by atoms with Crippen LogP contribution in [0.2, 0.25) is 0 Å². The van der Waals surface area contributed by atoms with E-state index >= 15 is 0 Å². The molecule has 4 aromatic rings. The molecule has 0 radical (unpaired) electrons. The Morgan fingerprint density at radius 1 is 1.12 bits per heavy atom. The van der Waals surface area contributed by atoms with Gasteiger partial charge in [-0.05, 0) is 11.4 Å². The predicted molar refractivity (Wildman–Crippen MR) is 97.2 cm³/mol. The van der Waals surface area contributed by atoms with Crippen molar-refractivity contribution < 1.29 is 0 Å². The number of anilines is 1. The maximum absolute atomic E-state index is 4.70. The highest BCUT2D eigenvalue weighted by Crippen LogP contribution is 2.34. The van der Waals surface area contributed by atoms with Gasteiger partial charge in [-0.1, -0.05) is 6.07 Å². The van der Waals surface area contributed by atoms with Crippen LogP contribution in [0.5, 0.6) is 0 Å². The van der Waals surface area contributed by atoms with Crippen LogP contribution in [0.25, 0.3) is 21.1 Å². The number of nitrogens with one attached hydrogen (secondary N) is 2. The fraction of sp³-hybridized carbons (Fsp3) is 0.125. The Kier molecular flexibility index (Phi) is 4.30. The minimum Gasteiger partial charge on any atom is -0.354 e. The number of nitrogens with zero attached hydrogens (tertiary/aromatic N) is 4. The maximum Gasteiger partial charge on any atom is 0.223 e. The Balaban J connectivity index is 1.59. The molecule has 0 amide bonds. The number of hydrogen-bond donors (Lipinski definition) is 2.